The smallest absolute Gasteiger partial charge is 0.321 e. The van der Waals surface area contributed by atoms with E-state index in [0.717, 1.165) is 45.3 Å². The molecule has 2 aliphatic heterocycles. The second-order valence-corrected chi connectivity index (χ2v) is 7.52. The number of piperidine rings is 2. The molecule has 2 fully saturated rings. The molecule has 1 unspecified atom stereocenters. The Morgan fingerprint density at radius 2 is 1.82 bits per heavy atom. The first-order valence-corrected chi connectivity index (χ1v) is 9.82. The number of carbonyl (C=O) groups excluding carboxylic acids is 2. The summed E-state index contributed by atoms with van der Waals surface area (Å²) in [5.74, 6) is 0.167. The van der Waals surface area contributed by atoms with Crippen molar-refractivity contribution in [1.29, 1.82) is 0 Å². The van der Waals surface area contributed by atoms with Crippen molar-refractivity contribution in [3.63, 3.8) is 0 Å². The first-order chi connectivity index (χ1) is 13.1. The maximum absolute atomic E-state index is 13.8. The minimum atomic E-state index is -0.458. The zero-order valence-electron chi connectivity index (χ0n) is 16.3. The van der Waals surface area contributed by atoms with Crippen molar-refractivity contribution in [2.45, 2.75) is 25.7 Å². The number of rotatable bonds is 4. The van der Waals surface area contributed by atoms with Gasteiger partial charge in [-0.25, -0.2) is 9.18 Å². The molecule has 2 N–H and O–H groups in total. The summed E-state index contributed by atoms with van der Waals surface area (Å²) in [6.07, 6.45) is 3.64. The van der Waals surface area contributed by atoms with Crippen molar-refractivity contribution in [1.82, 2.24) is 15.1 Å². The minimum absolute atomic E-state index is 0. The van der Waals surface area contributed by atoms with Gasteiger partial charge in [0.2, 0.25) is 5.91 Å². The number of nitrogens with zero attached hydrogens (tertiary/aromatic N) is 2. The van der Waals surface area contributed by atoms with Crippen molar-refractivity contribution >= 4 is 30.0 Å². The van der Waals surface area contributed by atoms with Gasteiger partial charge in [0.1, 0.15) is 5.82 Å². The van der Waals surface area contributed by atoms with Crippen LogP contribution in [0.2, 0.25) is 0 Å². The lowest BCUT2D eigenvalue weighted by Gasteiger charge is -2.37. The van der Waals surface area contributed by atoms with Crippen LogP contribution in [0.25, 0.3) is 0 Å². The first kappa shape index (κ1) is 22.4. The molecule has 2 heterocycles. The second-order valence-electron chi connectivity index (χ2n) is 7.52. The quantitative estimate of drug-likeness (QED) is 0.799. The van der Waals surface area contributed by atoms with Crippen LogP contribution >= 0.6 is 12.4 Å². The maximum atomic E-state index is 13.8. The molecule has 28 heavy (non-hydrogen) atoms. The predicted octanol–water partition coefficient (Wildman–Crippen LogP) is 2.95. The van der Waals surface area contributed by atoms with Crippen molar-refractivity contribution in [2.24, 2.45) is 11.8 Å². The lowest BCUT2D eigenvalue weighted by atomic mass is 9.93. The number of carbonyl (C=O) groups is 2. The van der Waals surface area contributed by atoms with Crippen LogP contribution in [-0.4, -0.2) is 61.5 Å². The zero-order valence-corrected chi connectivity index (χ0v) is 17.1. The minimum Gasteiger partial charge on any atom is -0.342 e. The molecule has 6 nitrogen and oxygen atoms in total. The highest BCUT2D eigenvalue weighted by Gasteiger charge is 2.33. The molecule has 3 amide bonds. The summed E-state index contributed by atoms with van der Waals surface area (Å²) in [5.41, 5.74) is 0.169. The number of nitrogens with one attached hydrogen (secondary N) is 2. The highest BCUT2D eigenvalue weighted by molar-refractivity contribution is 5.90. The van der Waals surface area contributed by atoms with E-state index in [9.17, 15) is 14.0 Å². The molecule has 3 rings (SSSR count). The molecule has 1 atom stereocenters. The van der Waals surface area contributed by atoms with Crippen LogP contribution in [0, 0.1) is 17.7 Å². The van der Waals surface area contributed by atoms with E-state index in [1.54, 1.807) is 17.0 Å². The van der Waals surface area contributed by atoms with Crippen LogP contribution in [0.3, 0.4) is 0 Å². The molecule has 2 saturated heterocycles. The van der Waals surface area contributed by atoms with Crippen LogP contribution in [0.15, 0.2) is 24.3 Å². The van der Waals surface area contributed by atoms with Gasteiger partial charge in [-0.3, -0.25) is 4.79 Å². The summed E-state index contributed by atoms with van der Waals surface area (Å²) in [7, 11) is 1.96. The molecule has 0 aliphatic carbocycles. The average Bonchev–Trinajstić information content (AvgIpc) is 2.70. The molecule has 2 aliphatic rings. The Morgan fingerprint density at radius 3 is 2.50 bits per heavy atom. The molecule has 0 spiro atoms. The van der Waals surface area contributed by atoms with Crippen LogP contribution < -0.4 is 10.6 Å². The monoisotopic (exact) mass is 412 g/mol. The van der Waals surface area contributed by atoms with Gasteiger partial charge in [0, 0.05) is 26.2 Å². The number of anilines is 1. The number of halogens is 2. The Labute approximate surface area is 172 Å². The molecule has 0 radical (unpaired) electrons. The van der Waals surface area contributed by atoms with E-state index in [-0.39, 0.29) is 36.0 Å². The molecule has 8 heteroatoms. The van der Waals surface area contributed by atoms with Gasteiger partial charge in [0.25, 0.3) is 0 Å². The van der Waals surface area contributed by atoms with E-state index in [2.05, 4.69) is 10.6 Å². The summed E-state index contributed by atoms with van der Waals surface area (Å²) in [6.45, 7) is 3.57. The summed E-state index contributed by atoms with van der Waals surface area (Å²) in [5, 5.41) is 5.82. The van der Waals surface area contributed by atoms with Gasteiger partial charge in [0.15, 0.2) is 0 Å². The van der Waals surface area contributed by atoms with E-state index in [4.69, 9.17) is 0 Å². The number of benzene rings is 1. The zero-order chi connectivity index (χ0) is 19.2. The Kier molecular flexibility index (Phi) is 8.51. The van der Waals surface area contributed by atoms with Crippen LogP contribution in [0.4, 0.5) is 14.9 Å². The molecular formula is C20H30ClFN4O2. The maximum Gasteiger partial charge on any atom is 0.321 e. The van der Waals surface area contributed by atoms with E-state index in [1.807, 2.05) is 11.9 Å². The summed E-state index contributed by atoms with van der Waals surface area (Å²) in [6, 6.07) is 5.77. The Morgan fingerprint density at radius 1 is 1.11 bits per heavy atom. The predicted molar refractivity (Wildman–Crippen MR) is 110 cm³/mol. The highest BCUT2D eigenvalue weighted by atomic mass is 35.5. The summed E-state index contributed by atoms with van der Waals surface area (Å²) >= 11 is 0. The Bertz CT molecular complexity index is 667. The van der Waals surface area contributed by atoms with Crippen molar-refractivity contribution in [3.8, 4) is 0 Å². The van der Waals surface area contributed by atoms with Gasteiger partial charge < -0.3 is 20.4 Å². The third kappa shape index (κ3) is 5.58. The van der Waals surface area contributed by atoms with Gasteiger partial charge in [-0.15, -0.1) is 12.4 Å². The second kappa shape index (κ2) is 10.6. The largest absolute Gasteiger partial charge is 0.342 e. The molecule has 0 bridgehead atoms. The van der Waals surface area contributed by atoms with Crippen molar-refractivity contribution in [3.05, 3.63) is 30.1 Å². The van der Waals surface area contributed by atoms with Crippen LogP contribution in [0.5, 0.6) is 0 Å². The number of hydrogen-bond donors (Lipinski definition) is 2. The van der Waals surface area contributed by atoms with E-state index < -0.39 is 5.82 Å². The van der Waals surface area contributed by atoms with E-state index in [1.165, 1.54) is 12.1 Å². The Hall–Kier alpha value is -1.86. The molecule has 0 aromatic heterocycles. The number of para-hydroxylation sites is 1. The van der Waals surface area contributed by atoms with Crippen LogP contribution in [-0.2, 0) is 4.79 Å². The summed E-state index contributed by atoms with van der Waals surface area (Å²) < 4.78 is 13.8. The highest BCUT2D eigenvalue weighted by Crippen LogP contribution is 2.24. The first-order valence-electron chi connectivity index (χ1n) is 9.82. The van der Waals surface area contributed by atoms with Crippen molar-refractivity contribution in [2.75, 3.05) is 45.1 Å². The third-order valence-corrected chi connectivity index (χ3v) is 5.59. The normalized spacial score (nSPS) is 20.4. The fraction of sp³-hybridized carbons (Fsp3) is 0.600. The SMILES string of the molecule is CNCC1CCN(C(=O)C2CCCN(C(=O)Nc3ccccc3F)C2)CC1.Cl. The van der Waals surface area contributed by atoms with Gasteiger partial charge in [0.05, 0.1) is 11.6 Å². The molecule has 1 aromatic rings. The van der Waals surface area contributed by atoms with Gasteiger partial charge in [-0.2, -0.15) is 0 Å². The van der Waals surface area contributed by atoms with Gasteiger partial charge >= 0.3 is 6.03 Å². The van der Waals surface area contributed by atoms with Crippen LogP contribution in [0.1, 0.15) is 25.7 Å². The lowest BCUT2D eigenvalue weighted by molar-refractivity contribution is -0.138. The summed E-state index contributed by atoms with van der Waals surface area (Å²) in [4.78, 5) is 29.0. The average molecular weight is 413 g/mol. The van der Waals surface area contributed by atoms with E-state index >= 15 is 0 Å². The lowest BCUT2D eigenvalue weighted by Crippen LogP contribution is -2.49. The number of likely N-dealkylation sites (tertiary alicyclic amines) is 2. The molecule has 1 aromatic carbocycles. The number of hydrogen-bond acceptors (Lipinski definition) is 3. The number of urea groups is 1. The number of amides is 3. The van der Waals surface area contributed by atoms with Gasteiger partial charge in [-0.1, -0.05) is 12.1 Å². The van der Waals surface area contributed by atoms with Gasteiger partial charge in [-0.05, 0) is 57.3 Å². The van der Waals surface area contributed by atoms with E-state index in [0.29, 0.717) is 19.0 Å². The fourth-order valence-corrected chi connectivity index (χ4v) is 4.02. The molecular weight excluding hydrogens is 383 g/mol. The standard InChI is InChI=1S/C20H29FN4O2.ClH/c1-22-13-15-8-11-24(12-9-15)19(26)16-5-4-10-25(14-16)20(27)23-18-7-3-2-6-17(18)21;/h2-3,6-7,15-16,22H,4-5,8-14H2,1H3,(H,23,27);1H. The fourth-order valence-electron chi connectivity index (χ4n) is 4.02. The topological polar surface area (TPSA) is 64.7 Å². The van der Waals surface area contributed by atoms with Crippen molar-refractivity contribution < 1.29 is 14.0 Å². The molecule has 0 saturated carbocycles. The molecule has 156 valence electrons. The third-order valence-electron chi connectivity index (χ3n) is 5.59. The Balaban J connectivity index is 0.00000280.